The van der Waals surface area contributed by atoms with Crippen molar-refractivity contribution in [2.45, 2.75) is 4.21 Å². The standard InChI is InChI=1S/C14H12Cl2OS/c1-18-14(16)9-5-4-7-11(14)13(17)10-6-2-3-8-12(10)15/h2-9,11H,1H3. The van der Waals surface area contributed by atoms with Crippen LogP contribution in [-0.2, 0) is 0 Å². The highest BCUT2D eigenvalue weighted by molar-refractivity contribution is 8.01. The summed E-state index contributed by atoms with van der Waals surface area (Å²) < 4.78 is -0.731. The highest BCUT2D eigenvalue weighted by Gasteiger charge is 2.39. The Hall–Kier alpha value is -0.700. The Bertz CT molecular complexity index is 524. The van der Waals surface area contributed by atoms with E-state index < -0.39 is 10.1 Å². The summed E-state index contributed by atoms with van der Waals surface area (Å²) >= 11 is 14.0. The number of carbonyl (C=O) groups excluding carboxylic acids is 1. The molecule has 0 heterocycles. The fourth-order valence-corrected chi connectivity index (χ4v) is 3.01. The predicted octanol–water partition coefficient (Wildman–Crippen LogP) is 4.56. The van der Waals surface area contributed by atoms with Crippen LogP contribution in [0.3, 0.4) is 0 Å². The van der Waals surface area contributed by atoms with Gasteiger partial charge in [0.25, 0.3) is 0 Å². The van der Waals surface area contributed by atoms with Crippen molar-refractivity contribution in [2.24, 2.45) is 5.92 Å². The van der Waals surface area contributed by atoms with Crippen LogP contribution in [0.25, 0.3) is 0 Å². The topological polar surface area (TPSA) is 17.1 Å². The van der Waals surface area contributed by atoms with Crippen molar-refractivity contribution in [3.8, 4) is 0 Å². The molecular formula is C14H12Cl2OS. The number of hydrogen-bond acceptors (Lipinski definition) is 2. The lowest BCUT2D eigenvalue weighted by Gasteiger charge is -2.30. The number of benzene rings is 1. The van der Waals surface area contributed by atoms with Gasteiger partial charge in [0.05, 0.1) is 10.9 Å². The van der Waals surface area contributed by atoms with Crippen LogP contribution < -0.4 is 0 Å². The molecule has 0 spiro atoms. The Kier molecular flexibility index (Phi) is 4.21. The second-order valence-electron chi connectivity index (χ2n) is 3.97. The maximum Gasteiger partial charge on any atom is 0.174 e. The largest absolute Gasteiger partial charge is 0.293 e. The van der Waals surface area contributed by atoms with Gasteiger partial charge in [-0.2, -0.15) is 0 Å². The molecule has 18 heavy (non-hydrogen) atoms. The van der Waals surface area contributed by atoms with Crippen LogP contribution in [0.5, 0.6) is 0 Å². The van der Waals surface area contributed by atoms with E-state index in [1.807, 2.05) is 30.6 Å². The molecule has 0 aromatic heterocycles. The zero-order chi connectivity index (χ0) is 13.2. The van der Waals surface area contributed by atoms with E-state index in [0.717, 1.165) is 0 Å². The lowest BCUT2D eigenvalue weighted by atomic mass is 9.91. The minimum absolute atomic E-state index is 0.0504. The molecule has 0 saturated heterocycles. The summed E-state index contributed by atoms with van der Waals surface area (Å²) in [7, 11) is 0. The molecule has 2 rings (SSSR count). The van der Waals surface area contributed by atoms with Crippen molar-refractivity contribution in [1.82, 2.24) is 0 Å². The van der Waals surface area contributed by atoms with Crippen LogP contribution in [0.15, 0.2) is 48.6 Å². The SMILES string of the molecule is CSC1(Cl)C=CC=CC1C(=O)c1ccccc1Cl. The molecule has 0 bridgehead atoms. The van der Waals surface area contributed by atoms with E-state index in [2.05, 4.69) is 0 Å². The summed E-state index contributed by atoms with van der Waals surface area (Å²) in [6.45, 7) is 0. The van der Waals surface area contributed by atoms with Gasteiger partial charge < -0.3 is 0 Å². The quantitative estimate of drug-likeness (QED) is 0.601. The molecule has 94 valence electrons. The summed E-state index contributed by atoms with van der Waals surface area (Å²) in [5.41, 5.74) is 0.517. The first-order valence-electron chi connectivity index (χ1n) is 5.47. The molecule has 0 aliphatic heterocycles. The summed E-state index contributed by atoms with van der Waals surface area (Å²) in [6, 6.07) is 7.05. The first kappa shape index (κ1) is 13.7. The van der Waals surface area contributed by atoms with Gasteiger partial charge in [-0.25, -0.2) is 0 Å². The number of carbonyl (C=O) groups is 1. The lowest BCUT2D eigenvalue weighted by Crippen LogP contribution is -2.32. The number of halogens is 2. The molecule has 2 atom stereocenters. The first-order valence-corrected chi connectivity index (χ1v) is 7.45. The predicted molar refractivity (Wildman–Crippen MR) is 79.7 cm³/mol. The van der Waals surface area contributed by atoms with Gasteiger partial charge in [-0.3, -0.25) is 4.79 Å². The van der Waals surface area contributed by atoms with Gasteiger partial charge in [-0.15, -0.1) is 23.4 Å². The van der Waals surface area contributed by atoms with E-state index >= 15 is 0 Å². The Labute approximate surface area is 121 Å². The highest BCUT2D eigenvalue weighted by atomic mass is 35.5. The average molecular weight is 299 g/mol. The van der Waals surface area contributed by atoms with E-state index in [-0.39, 0.29) is 5.78 Å². The van der Waals surface area contributed by atoms with Crippen molar-refractivity contribution in [3.05, 3.63) is 59.2 Å². The maximum absolute atomic E-state index is 12.5. The Morgan fingerprint density at radius 2 is 2.06 bits per heavy atom. The maximum atomic E-state index is 12.5. The van der Waals surface area contributed by atoms with Crippen LogP contribution in [0.2, 0.25) is 5.02 Å². The Morgan fingerprint density at radius 3 is 2.72 bits per heavy atom. The summed E-state index contributed by atoms with van der Waals surface area (Å²) in [5, 5.41) is 0.463. The van der Waals surface area contributed by atoms with Gasteiger partial charge in [0.2, 0.25) is 0 Å². The van der Waals surface area contributed by atoms with Crippen molar-refractivity contribution in [2.75, 3.05) is 6.26 Å². The molecule has 2 unspecified atom stereocenters. The second-order valence-corrected chi connectivity index (χ2v) is 6.31. The first-order chi connectivity index (χ1) is 8.58. The van der Waals surface area contributed by atoms with Crippen LogP contribution in [-0.4, -0.2) is 16.2 Å². The number of ketones is 1. The zero-order valence-corrected chi connectivity index (χ0v) is 12.1. The van der Waals surface area contributed by atoms with Gasteiger partial charge in [0.1, 0.15) is 4.21 Å². The van der Waals surface area contributed by atoms with Crippen LogP contribution in [0, 0.1) is 5.92 Å². The van der Waals surface area contributed by atoms with Crippen molar-refractivity contribution < 1.29 is 4.79 Å². The smallest absolute Gasteiger partial charge is 0.174 e. The monoisotopic (exact) mass is 298 g/mol. The molecule has 0 amide bonds. The fourth-order valence-electron chi connectivity index (χ4n) is 1.89. The van der Waals surface area contributed by atoms with Crippen molar-refractivity contribution in [3.63, 3.8) is 0 Å². The minimum Gasteiger partial charge on any atom is -0.293 e. The third-order valence-electron chi connectivity index (χ3n) is 2.90. The summed E-state index contributed by atoms with van der Waals surface area (Å²) in [5.74, 6) is -0.454. The van der Waals surface area contributed by atoms with Crippen LogP contribution in [0.4, 0.5) is 0 Å². The molecule has 4 heteroatoms. The highest BCUT2D eigenvalue weighted by Crippen LogP contribution is 2.42. The van der Waals surface area contributed by atoms with Gasteiger partial charge in [0.15, 0.2) is 5.78 Å². The summed E-state index contributed by atoms with van der Waals surface area (Å²) in [4.78, 5) is 12.5. The van der Waals surface area contributed by atoms with Gasteiger partial charge >= 0.3 is 0 Å². The zero-order valence-electron chi connectivity index (χ0n) is 9.77. The molecule has 1 aliphatic carbocycles. The third kappa shape index (κ3) is 2.51. The van der Waals surface area contributed by atoms with Crippen LogP contribution in [0.1, 0.15) is 10.4 Å². The normalized spacial score (nSPS) is 26.3. The number of Topliss-reactive ketones (excluding diaryl/α,β-unsaturated/α-hetero) is 1. The number of hydrogen-bond donors (Lipinski definition) is 0. The minimum atomic E-state index is -0.731. The fraction of sp³-hybridized carbons (Fsp3) is 0.214. The van der Waals surface area contributed by atoms with Gasteiger partial charge in [-0.05, 0) is 18.4 Å². The Balaban J connectivity index is 2.37. The van der Waals surface area contributed by atoms with Crippen LogP contribution >= 0.6 is 35.0 Å². The van der Waals surface area contributed by atoms with Gasteiger partial charge in [0, 0.05) is 5.56 Å². The average Bonchev–Trinajstić information content (AvgIpc) is 2.39. The molecule has 0 fully saturated rings. The van der Waals surface area contributed by atoms with E-state index in [1.165, 1.54) is 11.8 Å². The third-order valence-corrected chi connectivity index (χ3v) is 5.07. The second kappa shape index (κ2) is 5.52. The number of thioether (sulfide) groups is 1. The molecule has 1 aromatic carbocycles. The van der Waals surface area contributed by atoms with E-state index in [0.29, 0.717) is 10.6 Å². The lowest BCUT2D eigenvalue weighted by molar-refractivity contribution is 0.0943. The van der Waals surface area contributed by atoms with E-state index in [1.54, 1.807) is 24.3 Å². The number of alkyl halides is 1. The number of rotatable bonds is 3. The summed E-state index contributed by atoms with van der Waals surface area (Å²) in [6.07, 6.45) is 9.27. The molecule has 1 nitrogen and oxygen atoms in total. The molecule has 1 aliphatic rings. The van der Waals surface area contributed by atoms with Gasteiger partial charge in [-0.1, -0.05) is 48.0 Å². The molecule has 0 N–H and O–H groups in total. The van der Waals surface area contributed by atoms with E-state index in [4.69, 9.17) is 23.2 Å². The molecular weight excluding hydrogens is 287 g/mol. The number of allylic oxidation sites excluding steroid dienone is 3. The molecule has 0 saturated carbocycles. The molecule has 1 aromatic rings. The van der Waals surface area contributed by atoms with E-state index in [9.17, 15) is 4.79 Å². The van der Waals surface area contributed by atoms with Crippen molar-refractivity contribution in [1.29, 1.82) is 0 Å². The van der Waals surface area contributed by atoms with Crippen molar-refractivity contribution >= 4 is 40.7 Å². The molecule has 0 radical (unpaired) electrons. The Morgan fingerprint density at radius 1 is 1.33 bits per heavy atom.